The molecule has 2 heterocycles. The van der Waals surface area contributed by atoms with Crippen molar-refractivity contribution in [2.75, 3.05) is 0 Å². The molecule has 0 amide bonds. The first kappa shape index (κ1) is 15.4. The maximum atomic E-state index is 12.4. The lowest BCUT2D eigenvalue weighted by atomic mass is 10.1. The summed E-state index contributed by atoms with van der Waals surface area (Å²) in [5.74, 6) is -0.00460. The van der Waals surface area contributed by atoms with Crippen LogP contribution >= 0.6 is 11.3 Å². The molecule has 0 bridgehead atoms. The molecule has 0 saturated carbocycles. The van der Waals surface area contributed by atoms with Crippen LogP contribution in [0.1, 0.15) is 33.7 Å². The van der Waals surface area contributed by atoms with Crippen LogP contribution in [0.2, 0.25) is 0 Å². The molecule has 0 N–H and O–H groups in total. The quantitative estimate of drug-likeness (QED) is 0.662. The molecule has 0 radical (unpaired) electrons. The Labute approximate surface area is 137 Å². The average Bonchev–Trinajstić information content (AvgIpc) is 3.20. The lowest BCUT2D eigenvalue weighted by Crippen LogP contribution is -2.07. The molecule has 0 aliphatic heterocycles. The van der Waals surface area contributed by atoms with Gasteiger partial charge in [0.2, 0.25) is 0 Å². The van der Waals surface area contributed by atoms with Gasteiger partial charge in [0.05, 0.1) is 10.7 Å². The molecule has 1 aromatic carbocycles. The van der Waals surface area contributed by atoms with Crippen molar-refractivity contribution < 1.29 is 14.1 Å². The first-order valence-corrected chi connectivity index (χ1v) is 8.19. The Kier molecular flexibility index (Phi) is 4.52. The van der Waals surface area contributed by atoms with Gasteiger partial charge in [-0.15, -0.1) is 11.3 Å². The fourth-order valence-corrected chi connectivity index (χ4v) is 2.92. The highest BCUT2D eigenvalue weighted by molar-refractivity contribution is 7.09. The number of carbonyl (C=O) groups is 1. The lowest BCUT2D eigenvalue weighted by molar-refractivity contribution is 0.0467. The number of thiazole rings is 1. The van der Waals surface area contributed by atoms with Crippen LogP contribution in [0.25, 0.3) is 11.3 Å². The Bertz CT molecular complexity index is 808. The molecule has 6 heteroatoms. The van der Waals surface area contributed by atoms with Crippen molar-refractivity contribution in [3.8, 4) is 11.3 Å². The van der Waals surface area contributed by atoms with Gasteiger partial charge in [-0.2, -0.15) is 0 Å². The van der Waals surface area contributed by atoms with E-state index in [9.17, 15) is 4.79 Å². The molecule has 0 unspecified atom stereocenters. The molecule has 118 valence electrons. The Morgan fingerprint density at radius 3 is 2.78 bits per heavy atom. The van der Waals surface area contributed by atoms with Crippen LogP contribution in [0.5, 0.6) is 0 Å². The zero-order valence-corrected chi connectivity index (χ0v) is 13.7. The van der Waals surface area contributed by atoms with E-state index in [1.54, 1.807) is 18.3 Å². The molecule has 2 aromatic heterocycles. The minimum absolute atomic E-state index is 0.147. The summed E-state index contributed by atoms with van der Waals surface area (Å²) in [6.07, 6.45) is 0.877. The zero-order valence-electron chi connectivity index (χ0n) is 12.9. The van der Waals surface area contributed by atoms with Crippen LogP contribution in [-0.4, -0.2) is 16.1 Å². The van der Waals surface area contributed by atoms with Crippen LogP contribution < -0.4 is 0 Å². The maximum absolute atomic E-state index is 12.4. The summed E-state index contributed by atoms with van der Waals surface area (Å²) in [6.45, 7) is 3.89. The number of ether oxygens (including phenoxy) is 1. The van der Waals surface area contributed by atoms with Gasteiger partial charge in [-0.05, 0) is 13.3 Å². The fourth-order valence-electron chi connectivity index (χ4n) is 2.19. The van der Waals surface area contributed by atoms with Gasteiger partial charge < -0.3 is 9.26 Å². The van der Waals surface area contributed by atoms with Crippen molar-refractivity contribution in [2.45, 2.75) is 26.9 Å². The first-order valence-electron chi connectivity index (χ1n) is 7.31. The van der Waals surface area contributed by atoms with Crippen molar-refractivity contribution in [3.63, 3.8) is 0 Å². The number of nitrogens with zero attached hydrogens (tertiary/aromatic N) is 2. The summed E-state index contributed by atoms with van der Waals surface area (Å²) in [5, 5.41) is 6.93. The van der Waals surface area contributed by atoms with Crippen molar-refractivity contribution >= 4 is 17.3 Å². The van der Waals surface area contributed by atoms with Crippen molar-refractivity contribution in [2.24, 2.45) is 0 Å². The molecule has 0 fully saturated rings. The first-order chi connectivity index (χ1) is 11.2. The monoisotopic (exact) mass is 328 g/mol. The zero-order chi connectivity index (χ0) is 16.2. The Hall–Kier alpha value is -2.47. The maximum Gasteiger partial charge on any atom is 0.344 e. The second kappa shape index (κ2) is 6.75. The summed E-state index contributed by atoms with van der Waals surface area (Å²) in [7, 11) is 0. The van der Waals surface area contributed by atoms with E-state index < -0.39 is 5.97 Å². The second-order valence-corrected chi connectivity index (χ2v) is 5.93. The molecule has 3 aromatic rings. The number of rotatable bonds is 5. The minimum Gasteiger partial charge on any atom is -0.455 e. The molecule has 0 spiro atoms. The van der Waals surface area contributed by atoms with Crippen molar-refractivity contribution in [1.29, 1.82) is 0 Å². The summed E-state index contributed by atoms with van der Waals surface area (Å²) < 4.78 is 10.6. The number of aromatic nitrogens is 2. The fraction of sp³-hybridized carbons (Fsp3) is 0.235. The van der Waals surface area contributed by atoms with Gasteiger partial charge in [0.15, 0.2) is 0 Å². The average molecular weight is 328 g/mol. The number of esters is 1. The Balaban J connectivity index is 1.78. The van der Waals surface area contributed by atoms with E-state index in [2.05, 4.69) is 10.1 Å². The van der Waals surface area contributed by atoms with E-state index >= 15 is 0 Å². The third-order valence-corrected chi connectivity index (χ3v) is 4.41. The van der Waals surface area contributed by atoms with E-state index in [4.69, 9.17) is 9.26 Å². The molecule has 0 aliphatic rings. The van der Waals surface area contributed by atoms with E-state index in [-0.39, 0.29) is 6.61 Å². The highest BCUT2D eigenvalue weighted by atomic mass is 32.1. The number of hydrogen-bond donors (Lipinski definition) is 0. The van der Waals surface area contributed by atoms with Crippen LogP contribution in [0.3, 0.4) is 0 Å². The molecule has 0 saturated heterocycles. The Morgan fingerprint density at radius 1 is 1.30 bits per heavy atom. The standard InChI is InChI=1S/C17H16N2O3S/c1-3-14-18-13(10-23-14)9-21-17(20)15-11(2)22-19-16(15)12-7-5-4-6-8-12/h4-8,10H,3,9H2,1-2H3. The predicted molar refractivity (Wildman–Crippen MR) is 87.3 cm³/mol. The normalized spacial score (nSPS) is 10.7. The number of hydrogen-bond acceptors (Lipinski definition) is 6. The van der Waals surface area contributed by atoms with Gasteiger partial charge >= 0.3 is 5.97 Å². The summed E-state index contributed by atoms with van der Waals surface area (Å²) >= 11 is 1.57. The van der Waals surface area contributed by atoms with Crippen molar-refractivity contribution in [1.82, 2.24) is 10.1 Å². The molecule has 3 rings (SSSR count). The molecular weight excluding hydrogens is 312 g/mol. The van der Waals surface area contributed by atoms with E-state index in [0.29, 0.717) is 17.0 Å². The van der Waals surface area contributed by atoms with E-state index in [0.717, 1.165) is 22.7 Å². The van der Waals surface area contributed by atoms with E-state index in [1.165, 1.54) is 0 Å². The van der Waals surface area contributed by atoms with E-state index in [1.807, 2.05) is 42.6 Å². The summed E-state index contributed by atoms with van der Waals surface area (Å²) in [5.41, 5.74) is 2.44. The highest BCUT2D eigenvalue weighted by Crippen LogP contribution is 2.26. The smallest absolute Gasteiger partial charge is 0.344 e. The summed E-state index contributed by atoms with van der Waals surface area (Å²) in [4.78, 5) is 16.8. The molecule has 23 heavy (non-hydrogen) atoms. The minimum atomic E-state index is -0.450. The third kappa shape index (κ3) is 3.32. The number of aryl methyl sites for hydroxylation is 2. The largest absolute Gasteiger partial charge is 0.455 e. The topological polar surface area (TPSA) is 65.2 Å². The van der Waals surface area contributed by atoms with Crippen LogP contribution in [0.4, 0.5) is 0 Å². The summed E-state index contributed by atoms with van der Waals surface area (Å²) in [6, 6.07) is 9.43. The number of benzene rings is 1. The van der Waals surface area contributed by atoms with Gasteiger partial charge in [-0.3, -0.25) is 0 Å². The van der Waals surface area contributed by atoms with Crippen LogP contribution in [0.15, 0.2) is 40.2 Å². The molecule has 0 aliphatic carbocycles. The molecule has 5 nitrogen and oxygen atoms in total. The highest BCUT2D eigenvalue weighted by Gasteiger charge is 2.23. The van der Waals surface area contributed by atoms with Gasteiger partial charge in [0.25, 0.3) is 0 Å². The van der Waals surface area contributed by atoms with Gasteiger partial charge in [0.1, 0.15) is 23.6 Å². The number of carbonyl (C=O) groups excluding carboxylic acids is 1. The molecular formula is C17H16N2O3S. The second-order valence-electron chi connectivity index (χ2n) is 4.99. The van der Waals surface area contributed by atoms with Crippen molar-refractivity contribution in [3.05, 3.63) is 57.7 Å². The van der Waals surface area contributed by atoms with Gasteiger partial charge in [0, 0.05) is 10.9 Å². The van der Waals surface area contributed by atoms with Gasteiger partial charge in [-0.1, -0.05) is 42.4 Å². The van der Waals surface area contributed by atoms with Crippen LogP contribution in [-0.2, 0) is 17.8 Å². The third-order valence-electron chi connectivity index (χ3n) is 3.37. The van der Waals surface area contributed by atoms with Crippen LogP contribution in [0, 0.1) is 6.92 Å². The predicted octanol–water partition coefficient (Wildman–Crippen LogP) is 4.03. The van der Waals surface area contributed by atoms with Gasteiger partial charge in [-0.25, -0.2) is 9.78 Å². The lowest BCUT2D eigenvalue weighted by Gasteiger charge is -2.04. The SMILES string of the molecule is CCc1nc(COC(=O)c2c(-c3ccccc3)noc2C)cs1. The molecule has 0 atom stereocenters. The Morgan fingerprint density at radius 2 is 2.09 bits per heavy atom.